The van der Waals surface area contributed by atoms with Gasteiger partial charge in [0.05, 0.1) is 0 Å². The SMILES string of the molecule is CN([O-])C(N)=O. The summed E-state index contributed by atoms with van der Waals surface area (Å²) >= 11 is 0. The molecule has 0 radical (unpaired) electrons. The second kappa shape index (κ2) is 1.61. The fourth-order valence-electron chi connectivity index (χ4n) is 0. The Morgan fingerprint density at radius 3 is 2.17 bits per heavy atom. The number of hydrogen-bond acceptors (Lipinski definition) is 2. The average Bonchev–Trinajstić information content (AvgIpc) is 1.36. The van der Waals surface area contributed by atoms with Crippen molar-refractivity contribution in [1.29, 1.82) is 0 Å². The maximum absolute atomic E-state index is 9.59. The van der Waals surface area contributed by atoms with Crippen LogP contribution in [-0.2, 0) is 0 Å². The summed E-state index contributed by atoms with van der Waals surface area (Å²) in [7, 11) is 1.04. The Labute approximate surface area is 35.1 Å². The largest absolute Gasteiger partial charge is 0.755 e. The molecule has 0 heterocycles. The van der Waals surface area contributed by atoms with Crippen LogP contribution in [0.5, 0.6) is 0 Å². The van der Waals surface area contributed by atoms with Crippen molar-refractivity contribution in [3.63, 3.8) is 0 Å². The third kappa shape index (κ3) is 1.54. The number of primary amides is 1. The first-order valence-corrected chi connectivity index (χ1v) is 1.35. The lowest BCUT2D eigenvalue weighted by atomic mass is 11.0. The van der Waals surface area contributed by atoms with E-state index < -0.39 is 6.03 Å². The molecule has 0 aliphatic carbocycles. The van der Waals surface area contributed by atoms with Crippen LogP contribution in [0.4, 0.5) is 4.79 Å². The molecule has 2 amide bonds. The Morgan fingerprint density at radius 2 is 2.17 bits per heavy atom. The van der Waals surface area contributed by atoms with Gasteiger partial charge in [-0.25, -0.2) is 4.79 Å². The molecular weight excluding hydrogens is 84.0 g/mol. The molecule has 6 heavy (non-hydrogen) atoms. The molecule has 2 N–H and O–H groups in total. The van der Waals surface area contributed by atoms with E-state index in [0.29, 0.717) is 0 Å². The number of hydroxylamine groups is 2. The Balaban J connectivity index is 3.26. The highest BCUT2D eigenvalue weighted by Crippen LogP contribution is 1.68. The number of amides is 2. The van der Waals surface area contributed by atoms with Gasteiger partial charge in [-0.3, -0.25) is 0 Å². The van der Waals surface area contributed by atoms with Crippen LogP contribution < -0.4 is 5.73 Å². The van der Waals surface area contributed by atoms with Crippen LogP contribution in [-0.4, -0.2) is 18.1 Å². The minimum Gasteiger partial charge on any atom is -0.755 e. The van der Waals surface area contributed by atoms with E-state index in [1.807, 2.05) is 0 Å². The van der Waals surface area contributed by atoms with E-state index in [0.717, 1.165) is 7.05 Å². The summed E-state index contributed by atoms with van der Waals surface area (Å²) in [6, 6.07) is -0.963. The van der Waals surface area contributed by atoms with Gasteiger partial charge in [0.2, 0.25) is 0 Å². The lowest BCUT2D eigenvalue weighted by molar-refractivity contribution is 0.231. The highest BCUT2D eigenvalue weighted by molar-refractivity contribution is 5.71. The van der Waals surface area contributed by atoms with Gasteiger partial charge in [0.1, 0.15) is 0 Å². The average molecular weight is 89.1 g/mol. The minimum absolute atomic E-state index is 0.0556. The molecule has 0 aliphatic rings. The smallest absolute Gasteiger partial charge is 0.303 e. The first-order valence-electron chi connectivity index (χ1n) is 1.35. The second-order valence-electron chi connectivity index (χ2n) is 0.836. The van der Waals surface area contributed by atoms with Gasteiger partial charge in [-0.15, -0.1) is 0 Å². The van der Waals surface area contributed by atoms with Crippen molar-refractivity contribution in [2.45, 2.75) is 0 Å². The molecule has 0 aromatic heterocycles. The van der Waals surface area contributed by atoms with E-state index in [4.69, 9.17) is 0 Å². The number of nitrogens with zero attached hydrogens (tertiary/aromatic N) is 1. The van der Waals surface area contributed by atoms with Gasteiger partial charge in [-0.1, -0.05) is 0 Å². The van der Waals surface area contributed by atoms with Gasteiger partial charge in [-0.2, -0.15) is 0 Å². The van der Waals surface area contributed by atoms with Crippen LogP contribution in [0.15, 0.2) is 0 Å². The summed E-state index contributed by atoms with van der Waals surface area (Å²) in [6.07, 6.45) is 0. The number of carbonyl (C=O) groups excluding carboxylic acids is 1. The first-order chi connectivity index (χ1) is 2.64. The molecule has 0 bridgehead atoms. The third-order valence-corrected chi connectivity index (χ3v) is 0.310. The Bertz CT molecular complexity index is 60.6. The van der Waals surface area contributed by atoms with E-state index in [2.05, 4.69) is 5.73 Å². The molecule has 0 saturated heterocycles. The van der Waals surface area contributed by atoms with Gasteiger partial charge < -0.3 is 16.0 Å². The zero-order chi connectivity index (χ0) is 5.15. The summed E-state index contributed by atoms with van der Waals surface area (Å²) < 4.78 is 0. The highest BCUT2D eigenvalue weighted by atomic mass is 16.5. The molecule has 0 unspecified atom stereocenters. The first kappa shape index (κ1) is 5.23. The van der Waals surface area contributed by atoms with Crippen LogP contribution in [0.25, 0.3) is 0 Å². The van der Waals surface area contributed by atoms with E-state index in [9.17, 15) is 10.0 Å². The van der Waals surface area contributed by atoms with Gasteiger partial charge in [-0.05, 0) is 7.05 Å². The Kier molecular flexibility index (Phi) is 1.41. The molecule has 4 heteroatoms. The van der Waals surface area contributed by atoms with Crippen LogP contribution in [0.2, 0.25) is 0 Å². The van der Waals surface area contributed by atoms with Crippen molar-refractivity contribution in [3.8, 4) is 0 Å². The van der Waals surface area contributed by atoms with Crippen molar-refractivity contribution >= 4 is 6.03 Å². The quantitative estimate of drug-likeness (QED) is 0.406. The third-order valence-electron chi connectivity index (χ3n) is 0.310. The Hall–Kier alpha value is -0.770. The fraction of sp³-hybridized carbons (Fsp3) is 0.500. The van der Waals surface area contributed by atoms with Gasteiger partial charge >= 0.3 is 6.03 Å². The zero-order valence-electron chi connectivity index (χ0n) is 3.34. The maximum Gasteiger partial charge on any atom is 0.303 e. The molecule has 0 aliphatic heterocycles. The van der Waals surface area contributed by atoms with Crippen molar-refractivity contribution in [3.05, 3.63) is 5.21 Å². The summed E-state index contributed by atoms with van der Waals surface area (Å²) in [5, 5.41) is 9.64. The topological polar surface area (TPSA) is 69.4 Å². The van der Waals surface area contributed by atoms with Crippen LogP contribution >= 0.6 is 0 Å². The van der Waals surface area contributed by atoms with Crippen molar-refractivity contribution in [2.75, 3.05) is 7.05 Å². The molecule has 36 valence electrons. The predicted octanol–water partition coefficient (Wildman–Crippen LogP) is -0.505. The normalized spacial score (nSPS) is 7.67. The Morgan fingerprint density at radius 1 is 2.00 bits per heavy atom. The molecule has 0 atom stereocenters. The molecule has 0 aromatic carbocycles. The second-order valence-corrected chi connectivity index (χ2v) is 0.836. The molecule has 0 aromatic rings. The lowest BCUT2D eigenvalue weighted by Crippen LogP contribution is -2.26. The minimum atomic E-state index is -0.963. The number of nitrogens with two attached hydrogens (primary N) is 1. The molecule has 4 nitrogen and oxygen atoms in total. The zero-order valence-corrected chi connectivity index (χ0v) is 3.34. The number of carbonyl (C=O) groups is 1. The standard InChI is InChI=1S/C2H5N2O2/c1-4(6)2(3)5/h1H3,(H2,3,5)/q-1. The van der Waals surface area contributed by atoms with E-state index in [1.54, 1.807) is 0 Å². The summed E-state index contributed by atoms with van der Waals surface area (Å²) in [5.74, 6) is 0. The highest BCUT2D eigenvalue weighted by Gasteiger charge is 1.81. The molecule has 0 spiro atoms. The molecular formula is C2H5N2O2-. The fourth-order valence-corrected chi connectivity index (χ4v) is 0. The molecule has 0 rings (SSSR count). The lowest BCUT2D eigenvalue weighted by Gasteiger charge is -2.17. The number of hydrogen-bond donors (Lipinski definition) is 1. The monoisotopic (exact) mass is 89.0 g/mol. The van der Waals surface area contributed by atoms with E-state index in [-0.39, 0.29) is 5.06 Å². The van der Waals surface area contributed by atoms with Crippen LogP contribution in [0, 0.1) is 5.21 Å². The number of urea groups is 1. The predicted molar refractivity (Wildman–Crippen MR) is 20.7 cm³/mol. The number of rotatable bonds is 0. The van der Waals surface area contributed by atoms with Crippen LogP contribution in [0.3, 0.4) is 0 Å². The summed E-state index contributed by atoms with van der Waals surface area (Å²) in [5.41, 5.74) is 4.41. The van der Waals surface area contributed by atoms with Crippen LogP contribution in [0.1, 0.15) is 0 Å². The van der Waals surface area contributed by atoms with E-state index >= 15 is 0 Å². The van der Waals surface area contributed by atoms with Crippen molar-refractivity contribution in [1.82, 2.24) is 5.06 Å². The maximum atomic E-state index is 9.59. The molecule has 0 fully saturated rings. The van der Waals surface area contributed by atoms with Crippen molar-refractivity contribution < 1.29 is 4.79 Å². The summed E-state index contributed by atoms with van der Waals surface area (Å²) in [4.78, 5) is 9.53. The van der Waals surface area contributed by atoms with Gasteiger partial charge in [0.25, 0.3) is 0 Å². The van der Waals surface area contributed by atoms with Gasteiger partial charge in [0, 0.05) is 0 Å². The van der Waals surface area contributed by atoms with Gasteiger partial charge in [0.15, 0.2) is 0 Å². The molecule has 0 saturated carbocycles. The summed E-state index contributed by atoms with van der Waals surface area (Å²) in [6.45, 7) is 0. The van der Waals surface area contributed by atoms with Crippen molar-refractivity contribution in [2.24, 2.45) is 5.73 Å². The van der Waals surface area contributed by atoms with E-state index in [1.165, 1.54) is 0 Å².